The first-order chi connectivity index (χ1) is 25.3. The summed E-state index contributed by atoms with van der Waals surface area (Å²) in [5, 5.41) is 0. The summed E-state index contributed by atoms with van der Waals surface area (Å²) in [6.45, 7) is 0.0366. The van der Waals surface area contributed by atoms with Crippen LogP contribution >= 0.6 is 0 Å². The Balaban J connectivity index is 1.22. The SMILES string of the molecule is c1ccc(-c2nc(-c3ccccc3)nc(-c3ccc4c(c3)N(c3ccccc3)c3cccc5c3B4c3ccccc3N5c3ccccc3)n2)cc1. The first-order valence-electron chi connectivity index (χ1n) is 17.3. The molecule has 3 heterocycles. The Hall–Kier alpha value is -6.79. The van der Waals surface area contributed by atoms with Gasteiger partial charge in [0.1, 0.15) is 0 Å². The molecule has 0 atom stereocenters. The number of rotatable bonds is 5. The van der Waals surface area contributed by atoms with Crippen LogP contribution in [-0.4, -0.2) is 21.7 Å². The smallest absolute Gasteiger partial charge is 0.252 e. The molecule has 238 valence electrons. The number of benzene rings is 7. The molecule has 2 aliphatic rings. The highest BCUT2D eigenvalue weighted by Gasteiger charge is 2.43. The van der Waals surface area contributed by atoms with Crippen molar-refractivity contribution in [2.45, 2.75) is 0 Å². The molecule has 0 aliphatic carbocycles. The minimum Gasteiger partial charge on any atom is -0.311 e. The molecule has 0 saturated carbocycles. The van der Waals surface area contributed by atoms with Crippen molar-refractivity contribution in [2.75, 3.05) is 9.80 Å². The van der Waals surface area contributed by atoms with Crippen LogP contribution in [0.15, 0.2) is 182 Å². The fraction of sp³-hybridized carbons (Fsp3) is 0. The standard InChI is InChI=1S/C45H30BN5/c1-5-16-31(17-6-1)43-47-44(32-18-7-2-8-19-32)49-45(48-43)33-28-29-37-41(30-33)51(35-22-11-4-12-23-35)40-27-15-26-39-42(40)46(37)36-24-13-14-25-38(36)50(39)34-20-9-3-10-21-34/h1-30H. The third-order valence-corrected chi connectivity index (χ3v) is 9.89. The summed E-state index contributed by atoms with van der Waals surface area (Å²) < 4.78 is 0. The predicted molar refractivity (Wildman–Crippen MR) is 210 cm³/mol. The van der Waals surface area contributed by atoms with Gasteiger partial charge in [0.15, 0.2) is 17.5 Å². The number of nitrogens with zero attached hydrogens (tertiary/aromatic N) is 5. The van der Waals surface area contributed by atoms with Crippen molar-refractivity contribution in [3.63, 3.8) is 0 Å². The summed E-state index contributed by atoms with van der Waals surface area (Å²) in [7, 11) is 0. The Kier molecular flexibility index (Phi) is 6.84. The molecule has 1 aromatic heterocycles. The number of fused-ring (bicyclic) bond motifs is 4. The topological polar surface area (TPSA) is 45.2 Å². The molecule has 0 fully saturated rings. The Labute approximate surface area is 297 Å². The lowest BCUT2D eigenvalue weighted by molar-refractivity contribution is 1.07. The largest absolute Gasteiger partial charge is 0.311 e. The maximum absolute atomic E-state index is 5.09. The first kappa shape index (κ1) is 29.2. The van der Waals surface area contributed by atoms with Crippen LogP contribution in [0.4, 0.5) is 34.1 Å². The van der Waals surface area contributed by atoms with E-state index < -0.39 is 0 Å². The highest BCUT2D eigenvalue weighted by atomic mass is 15.2. The lowest BCUT2D eigenvalue weighted by atomic mass is 9.33. The summed E-state index contributed by atoms with van der Waals surface area (Å²) in [5.74, 6) is 1.93. The average Bonchev–Trinajstić information content (AvgIpc) is 3.21. The minimum atomic E-state index is 0.0366. The molecular formula is C45H30BN5. The quantitative estimate of drug-likeness (QED) is 0.174. The molecule has 7 aromatic carbocycles. The van der Waals surface area contributed by atoms with Crippen LogP contribution in [0.3, 0.4) is 0 Å². The molecule has 0 radical (unpaired) electrons. The normalized spacial score (nSPS) is 12.6. The van der Waals surface area contributed by atoms with Gasteiger partial charge in [-0.2, -0.15) is 0 Å². The zero-order valence-corrected chi connectivity index (χ0v) is 27.6. The van der Waals surface area contributed by atoms with Crippen LogP contribution < -0.4 is 26.2 Å². The highest BCUT2D eigenvalue weighted by molar-refractivity contribution is 7.00. The van der Waals surface area contributed by atoms with Crippen molar-refractivity contribution in [1.29, 1.82) is 0 Å². The second-order valence-electron chi connectivity index (χ2n) is 12.9. The number of para-hydroxylation sites is 3. The molecule has 6 heteroatoms. The molecule has 51 heavy (non-hydrogen) atoms. The van der Waals surface area contributed by atoms with Gasteiger partial charge in [0.25, 0.3) is 6.71 Å². The zero-order valence-electron chi connectivity index (χ0n) is 27.6. The van der Waals surface area contributed by atoms with Gasteiger partial charge in [-0.1, -0.05) is 133 Å². The summed E-state index contributed by atoms with van der Waals surface area (Å²) in [6, 6.07) is 63.9. The van der Waals surface area contributed by atoms with Gasteiger partial charge >= 0.3 is 0 Å². The van der Waals surface area contributed by atoms with Gasteiger partial charge in [-0.3, -0.25) is 0 Å². The van der Waals surface area contributed by atoms with Crippen LogP contribution in [0.2, 0.25) is 0 Å². The van der Waals surface area contributed by atoms with Crippen molar-refractivity contribution in [3.05, 3.63) is 182 Å². The zero-order chi connectivity index (χ0) is 33.7. The maximum Gasteiger partial charge on any atom is 0.252 e. The second-order valence-corrected chi connectivity index (χ2v) is 12.9. The third kappa shape index (κ3) is 4.84. The lowest BCUT2D eigenvalue weighted by Gasteiger charge is -2.44. The Morgan fingerprint density at radius 3 is 1.33 bits per heavy atom. The Morgan fingerprint density at radius 2 is 0.765 bits per heavy atom. The van der Waals surface area contributed by atoms with Crippen molar-refractivity contribution in [1.82, 2.24) is 15.0 Å². The van der Waals surface area contributed by atoms with E-state index in [-0.39, 0.29) is 6.71 Å². The molecule has 10 rings (SSSR count). The summed E-state index contributed by atoms with van der Waals surface area (Å²) in [6.07, 6.45) is 0. The van der Waals surface area contributed by atoms with Crippen molar-refractivity contribution >= 4 is 57.2 Å². The van der Waals surface area contributed by atoms with Crippen LogP contribution in [-0.2, 0) is 0 Å². The van der Waals surface area contributed by atoms with Crippen molar-refractivity contribution in [3.8, 4) is 34.2 Å². The minimum absolute atomic E-state index is 0.0366. The molecule has 0 unspecified atom stereocenters. The number of hydrogen-bond donors (Lipinski definition) is 0. The molecule has 2 aliphatic heterocycles. The number of aromatic nitrogens is 3. The Bertz CT molecular complexity index is 2490. The Morgan fingerprint density at radius 1 is 0.333 bits per heavy atom. The molecule has 0 spiro atoms. The van der Waals surface area contributed by atoms with Crippen LogP contribution in [0.25, 0.3) is 34.2 Å². The first-order valence-corrected chi connectivity index (χ1v) is 17.3. The van der Waals surface area contributed by atoms with E-state index in [2.05, 4.69) is 131 Å². The van der Waals surface area contributed by atoms with Gasteiger partial charge in [-0.15, -0.1) is 0 Å². The van der Waals surface area contributed by atoms with Crippen molar-refractivity contribution < 1.29 is 0 Å². The monoisotopic (exact) mass is 651 g/mol. The van der Waals surface area contributed by atoms with E-state index in [1.807, 2.05) is 60.7 Å². The lowest BCUT2D eigenvalue weighted by Crippen LogP contribution is -2.61. The van der Waals surface area contributed by atoms with Gasteiger partial charge in [0, 0.05) is 50.8 Å². The molecule has 8 aromatic rings. The number of hydrogen-bond acceptors (Lipinski definition) is 5. The highest BCUT2D eigenvalue weighted by Crippen LogP contribution is 2.44. The number of anilines is 6. The summed E-state index contributed by atoms with van der Waals surface area (Å²) in [4.78, 5) is 19.9. The molecule has 0 saturated heterocycles. The van der Waals surface area contributed by atoms with Gasteiger partial charge in [-0.25, -0.2) is 15.0 Å². The van der Waals surface area contributed by atoms with E-state index in [4.69, 9.17) is 15.0 Å². The molecule has 0 amide bonds. The van der Waals surface area contributed by atoms with Gasteiger partial charge in [0.2, 0.25) is 0 Å². The van der Waals surface area contributed by atoms with Gasteiger partial charge in [0.05, 0.1) is 0 Å². The molecular weight excluding hydrogens is 621 g/mol. The van der Waals surface area contributed by atoms with Crippen LogP contribution in [0.1, 0.15) is 0 Å². The molecule has 0 bridgehead atoms. The van der Waals surface area contributed by atoms with Gasteiger partial charge < -0.3 is 9.80 Å². The van der Waals surface area contributed by atoms with Crippen LogP contribution in [0, 0.1) is 0 Å². The average molecular weight is 652 g/mol. The van der Waals surface area contributed by atoms with Gasteiger partial charge in [-0.05, 0) is 64.9 Å². The molecule has 5 nitrogen and oxygen atoms in total. The fourth-order valence-corrected chi connectivity index (χ4v) is 7.67. The molecule has 0 N–H and O–H groups in total. The summed E-state index contributed by atoms with van der Waals surface area (Å²) >= 11 is 0. The van der Waals surface area contributed by atoms with E-state index in [0.29, 0.717) is 17.5 Å². The van der Waals surface area contributed by atoms with E-state index >= 15 is 0 Å². The fourth-order valence-electron chi connectivity index (χ4n) is 7.67. The van der Waals surface area contributed by atoms with E-state index in [0.717, 1.165) is 39.4 Å². The van der Waals surface area contributed by atoms with E-state index in [1.165, 1.54) is 27.8 Å². The maximum atomic E-state index is 5.09. The third-order valence-electron chi connectivity index (χ3n) is 9.89. The predicted octanol–water partition coefficient (Wildman–Crippen LogP) is 8.96. The van der Waals surface area contributed by atoms with Crippen molar-refractivity contribution in [2.24, 2.45) is 0 Å². The summed E-state index contributed by atoms with van der Waals surface area (Å²) in [5.41, 5.74) is 13.5. The van der Waals surface area contributed by atoms with E-state index in [9.17, 15) is 0 Å². The van der Waals surface area contributed by atoms with E-state index in [1.54, 1.807) is 0 Å². The second kappa shape index (κ2) is 12.0. The van der Waals surface area contributed by atoms with Crippen LogP contribution in [0.5, 0.6) is 0 Å².